The summed E-state index contributed by atoms with van der Waals surface area (Å²) in [6.45, 7) is 3.15. The van der Waals surface area contributed by atoms with Crippen LogP contribution in [0.25, 0.3) is 0 Å². The summed E-state index contributed by atoms with van der Waals surface area (Å²) in [6, 6.07) is 0. The average Bonchev–Trinajstić information content (AvgIpc) is 1.97. The molecule has 0 bridgehead atoms. The minimum Gasteiger partial charge on any atom is -0.512 e. The fraction of sp³-hybridized carbons (Fsp3) is 0.571. The van der Waals surface area contributed by atoms with Gasteiger partial charge in [-0.15, -0.1) is 0 Å². The summed E-state index contributed by atoms with van der Waals surface area (Å²) >= 11 is 6.05. The molecule has 0 aromatic heterocycles. The van der Waals surface area contributed by atoms with E-state index < -0.39 is 15.0 Å². The number of aliphatic hydroxyl groups excluding tert-OH is 1. The number of alkyl halides is 2. The second-order valence-electron chi connectivity index (χ2n) is 2.96. The molecule has 0 spiro atoms. The predicted octanol–water partition coefficient (Wildman–Crippen LogP) is 2.18. The molecule has 0 unspecified atom stereocenters. The van der Waals surface area contributed by atoms with Crippen molar-refractivity contribution in [2.45, 2.75) is 22.9 Å². The molecule has 1 aliphatic heterocycles. The third-order valence-corrected chi connectivity index (χ3v) is 2.81. The Balaban J connectivity index is 3.03. The van der Waals surface area contributed by atoms with Crippen LogP contribution in [0.5, 0.6) is 0 Å². The maximum atomic E-state index is 11.4. The molecule has 0 radical (unpaired) electrons. The number of esters is 1. The molecular weight excluding hydrogens is 308 g/mol. The maximum Gasteiger partial charge on any atom is 0.345 e. The van der Waals surface area contributed by atoms with Gasteiger partial charge in [0.05, 0.1) is 0 Å². The number of hydrogen-bond donors (Lipinski definition) is 1. The van der Waals surface area contributed by atoms with Gasteiger partial charge in [0.15, 0.2) is 5.76 Å². The summed E-state index contributed by atoms with van der Waals surface area (Å²) in [6.07, 6.45) is 0.714. The zero-order valence-corrected chi connectivity index (χ0v) is 10.2. The number of aliphatic hydroxyl groups is 1. The first-order valence-corrected chi connectivity index (χ1v) is 5.03. The van der Waals surface area contributed by atoms with Crippen molar-refractivity contribution in [3.63, 3.8) is 0 Å². The molecule has 1 fully saturated rings. The Hall–Kier alpha value is -0.230. The minimum atomic E-state index is -1.29. The number of rotatable bonds is 0. The van der Waals surface area contributed by atoms with Gasteiger partial charge in [0.25, 0.3) is 0 Å². The van der Waals surface area contributed by atoms with E-state index >= 15 is 0 Å². The quantitative estimate of drug-likeness (QED) is 0.423. The molecule has 74 valence electrons. The molecule has 1 saturated heterocycles. The van der Waals surface area contributed by atoms with Gasteiger partial charge in [0.1, 0.15) is 6.26 Å². The van der Waals surface area contributed by atoms with Crippen LogP contribution < -0.4 is 0 Å². The molecule has 1 rings (SSSR count). The van der Waals surface area contributed by atoms with Crippen LogP contribution >= 0.6 is 31.9 Å². The average molecular weight is 316 g/mol. The van der Waals surface area contributed by atoms with Gasteiger partial charge in [0.2, 0.25) is 9.02 Å². The van der Waals surface area contributed by atoms with Crippen LogP contribution in [0.15, 0.2) is 12.0 Å². The molecule has 13 heavy (non-hydrogen) atoms. The number of carbonyl (C=O) groups is 1. The van der Waals surface area contributed by atoms with Gasteiger partial charge in [-0.1, -0.05) is 31.9 Å². The standard InChI is InChI=1S/C7H8Br2O4/c1-6(2)12-4(3-10)7(8,9)5(11)13-6/h3,10H,1-2H3/b4-3+. The monoisotopic (exact) mass is 314 g/mol. The zero-order valence-electron chi connectivity index (χ0n) is 7.01. The molecule has 0 aromatic carbocycles. The largest absolute Gasteiger partial charge is 0.512 e. The molecule has 6 heteroatoms. The lowest BCUT2D eigenvalue weighted by Crippen LogP contribution is -2.46. The van der Waals surface area contributed by atoms with Crippen LogP contribution in [0.1, 0.15) is 13.8 Å². The van der Waals surface area contributed by atoms with Crippen LogP contribution in [0.2, 0.25) is 0 Å². The van der Waals surface area contributed by atoms with Crippen LogP contribution in [0.4, 0.5) is 0 Å². The fourth-order valence-corrected chi connectivity index (χ4v) is 1.37. The van der Waals surface area contributed by atoms with E-state index in [0.717, 1.165) is 0 Å². The Morgan fingerprint density at radius 1 is 1.38 bits per heavy atom. The molecule has 1 N–H and O–H groups in total. The third-order valence-electron chi connectivity index (χ3n) is 1.38. The molecule has 0 aliphatic carbocycles. The van der Waals surface area contributed by atoms with Crippen molar-refractivity contribution in [2.24, 2.45) is 0 Å². The van der Waals surface area contributed by atoms with Crippen LogP contribution in [0, 0.1) is 0 Å². The van der Waals surface area contributed by atoms with E-state index in [-0.39, 0.29) is 5.76 Å². The van der Waals surface area contributed by atoms with E-state index in [4.69, 9.17) is 14.6 Å². The lowest BCUT2D eigenvalue weighted by atomic mass is 10.3. The third kappa shape index (κ3) is 1.99. The van der Waals surface area contributed by atoms with Crippen molar-refractivity contribution >= 4 is 37.8 Å². The summed E-state index contributed by atoms with van der Waals surface area (Å²) in [5.41, 5.74) is 0. The molecule has 1 aliphatic rings. The number of cyclic esters (lactones) is 1. The molecule has 0 amide bonds. The molecule has 0 saturated carbocycles. The SMILES string of the molecule is CC1(C)OC(=O)C(Br)(Br)/C(=C\O)O1. The smallest absolute Gasteiger partial charge is 0.345 e. The Labute approximate surface area is 92.2 Å². The van der Waals surface area contributed by atoms with E-state index in [0.29, 0.717) is 6.26 Å². The predicted molar refractivity (Wildman–Crippen MR) is 52.6 cm³/mol. The summed E-state index contributed by atoms with van der Waals surface area (Å²) in [4.78, 5) is 11.4. The highest BCUT2D eigenvalue weighted by Crippen LogP contribution is 2.43. The van der Waals surface area contributed by atoms with Crippen molar-refractivity contribution in [3.05, 3.63) is 12.0 Å². The Kier molecular flexibility index (Phi) is 2.64. The first-order valence-electron chi connectivity index (χ1n) is 3.45. The van der Waals surface area contributed by atoms with E-state index in [1.54, 1.807) is 13.8 Å². The highest BCUT2D eigenvalue weighted by Gasteiger charge is 2.50. The van der Waals surface area contributed by atoms with Crippen molar-refractivity contribution < 1.29 is 19.4 Å². The van der Waals surface area contributed by atoms with Crippen molar-refractivity contribution in [1.29, 1.82) is 0 Å². The highest BCUT2D eigenvalue weighted by molar-refractivity contribution is 9.26. The van der Waals surface area contributed by atoms with E-state index in [9.17, 15) is 4.79 Å². The van der Waals surface area contributed by atoms with Crippen molar-refractivity contribution in [1.82, 2.24) is 0 Å². The van der Waals surface area contributed by atoms with Gasteiger partial charge in [-0.3, -0.25) is 0 Å². The Bertz CT molecular complexity index is 270. The summed E-state index contributed by atoms with van der Waals surface area (Å²) in [5, 5.41) is 8.82. The highest BCUT2D eigenvalue weighted by atomic mass is 79.9. The topological polar surface area (TPSA) is 55.8 Å². The number of carbonyl (C=O) groups excluding carboxylic acids is 1. The van der Waals surface area contributed by atoms with E-state index in [1.807, 2.05) is 0 Å². The molecule has 4 nitrogen and oxygen atoms in total. The van der Waals surface area contributed by atoms with Gasteiger partial charge in [-0.05, 0) is 0 Å². The lowest BCUT2D eigenvalue weighted by molar-refractivity contribution is -0.218. The molecule has 0 aromatic rings. The number of hydrogen-bond acceptors (Lipinski definition) is 4. The Morgan fingerprint density at radius 2 is 1.92 bits per heavy atom. The molecular formula is C7H8Br2O4. The second-order valence-corrected chi connectivity index (χ2v) is 6.40. The second kappa shape index (κ2) is 3.16. The van der Waals surface area contributed by atoms with Crippen LogP contribution in [0.3, 0.4) is 0 Å². The maximum absolute atomic E-state index is 11.4. The summed E-state index contributed by atoms with van der Waals surface area (Å²) in [5.74, 6) is -1.56. The van der Waals surface area contributed by atoms with Crippen LogP contribution in [-0.4, -0.2) is 20.1 Å². The Morgan fingerprint density at radius 3 is 2.38 bits per heavy atom. The normalized spacial score (nSPS) is 28.0. The first kappa shape index (κ1) is 10.8. The van der Waals surface area contributed by atoms with E-state index in [1.165, 1.54) is 0 Å². The van der Waals surface area contributed by atoms with Gasteiger partial charge < -0.3 is 14.6 Å². The molecule has 1 heterocycles. The van der Waals surface area contributed by atoms with Gasteiger partial charge in [-0.25, -0.2) is 4.79 Å². The lowest BCUT2D eigenvalue weighted by Gasteiger charge is -2.37. The molecule has 0 atom stereocenters. The summed E-state index contributed by atoms with van der Waals surface area (Å²) < 4.78 is 8.81. The minimum absolute atomic E-state index is 0.0637. The van der Waals surface area contributed by atoms with Gasteiger partial charge in [-0.2, -0.15) is 0 Å². The number of halogens is 2. The fourth-order valence-electron chi connectivity index (χ4n) is 0.845. The van der Waals surface area contributed by atoms with Crippen molar-refractivity contribution in [2.75, 3.05) is 0 Å². The first-order chi connectivity index (χ1) is 5.79. The van der Waals surface area contributed by atoms with E-state index in [2.05, 4.69) is 31.9 Å². The van der Waals surface area contributed by atoms with Gasteiger partial charge >= 0.3 is 5.97 Å². The number of ether oxygens (including phenoxy) is 2. The van der Waals surface area contributed by atoms with Gasteiger partial charge in [0, 0.05) is 13.8 Å². The van der Waals surface area contributed by atoms with Crippen LogP contribution in [-0.2, 0) is 14.3 Å². The zero-order chi connectivity index (χ0) is 10.3. The van der Waals surface area contributed by atoms with Crippen molar-refractivity contribution in [3.8, 4) is 0 Å². The summed E-state index contributed by atoms with van der Waals surface area (Å²) in [7, 11) is 0.